The van der Waals surface area contributed by atoms with Gasteiger partial charge in [-0.05, 0) is 6.92 Å². The third-order valence-corrected chi connectivity index (χ3v) is 2.15. The van der Waals surface area contributed by atoms with Crippen LogP contribution in [-0.4, -0.2) is 40.4 Å². The van der Waals surface area contributed by atoms with Crippen molar-refractivity contribution < 1.29 is 4.79 Å². The Morgan fingerprint density at radius 1 is 1.71 bits per heavy atom. The number of hydrogen-bond acceptors (Lipinski definition) is 3. The molecule has 0 aliphatic rings. The van der Waals surface area contributed by atoms with Crippen LogP contribution in [0, 0.1) is 0 Å². The van der Waals surface area contributed by atoms with Crippen LogP contribution in [-0.2, 0) is 0 Å². The summed E-state index contributed by atoms with van der Waals surface area (Å²) in [5.74, 6) is -0.249. The van der Waals surface area contributed by atoms with Gasteiger partial charge in [-0.1, -0.05) is 0 Å². The average Bonchev–Trinajstić information content (AvgIpc) is 2.61. The smallest absolute Gasteiger partial charge is 0.323 e. The molecule has 1 heterocycles. The molecule has 6 nitrogen and oxygen atoms in total. The number of hydrogen-bond donors (Lipinski definition) is 3. The van der Waals surface area contributed by atoms with Crippen LogP contribution in [0.15, 0.2) is 11.0 Å². The van der Waals surface area contributed by atoms with Crippen LogP contribution in [0.25, 0.3) is 0 Å². The zero-order valence-corrected chi connectivity index (χ0v) is 8.20. The minimum atomic E-state index is -0.387. The van der Waals surface area contributed by atoms with Gasteiger partial charge in [0.05, 0.1) is 0 Å². The Labute approximate surface area is 81.1 Å². The van der Waals surface area contributed by atoms with Crippen LogP contribution in [0.2, 0.25) is 0 Å². The summed E-state index contributed by atoms with van der Waals surface area (Å²) in [6.45, 7) is 2.22. The Morgan fingerprint density at radius 3 is 2.79 bits per heavy atom. The lowest BCUT2D eigenvalue weighted by Crippen LogP contribution is -2.40. The maximum Gasteiger partial charge on any atom is 0.323 e. The number of nitrogens with two attached hydrogens (primary N) is 1. The van der Waals surface area contributed by atoms with Crippen molar-refractivity contribution in [1.29, 1.82) is 0 Å². The van der Waals surface area contributed by atoms with Crippen molar-refractivity contribution in [2.75, 3.05) is 13.6 Å². The second kappa shape index (κ2) is 4.10. The number of nitrogens with one attached hydrogen (secondary N) is 2. The second-order valence-electron chi connectivity index (χ2n) is 3.16. The third kappa shape index (κ3) is 2.02. The number of rotatable bonds is 3. The van der Waals surface area contributed by atoms with Gasteiger partial charge in [-0.15, -0.1) is 0 Å². The van der Waals surface area contributed by atoms with Crippen molar-refractivity contribution in [3.8, 4) is 0 Å². The highest BCUT2D eigenvalue weighted by Gasteiger charge is 2.17. The average molecular weight is 198 g/mol. The molecule has 0 saturated carbocycles. The number of aromatic amines is 2. The SMILES string of the molecule is CC(CN)N(C)C(=O)c1c[nH]c(=O)[nH]1. The van der Waals surface area contributed by atoms with E-state index >= 15 is 0 Å². The molecule has 0 aliphatic heterocycles. The van der Waals surface area contributed by atoms with Gasteiger partial charge in [-0.3, -0.25) is 4.79 Å². The van der Waals surface area contributed by atoms with E-state index in [1.807, 2.05) is 6.92 Å². The van der Waals surface area contributed by atoms with Crippen molar-refractivity contribution in [3.05, 3.63) is 22.4 Å². The van der Waals surface area contributed by atoms with Gasteiger partial charge in [0.25, 0.3) is 5.91 Å². The fourth-order valence-corrected chi connectivity index (χ4v) is 0.996. The predicted octanol–water partition coefficient (Wildman–Crippen LogP) is -0.878. The summed E-state index contributed by atoms with van der Waals surface area (Å²) in [6, 6.07) is -0.0547. The van der Waals surface area contributed by atoms with Gasteiger partial charge < -0.3 is 20.6 Å². The molecule has 0 spiro atoms. The lowest BCUT2D eigenvalue weighted by Gasteiger charge is -2.22. The lowest BCUT2D eigenvalue weighted by molar-refractivity contribution is 0.0743. The Balaban J connectivity index is 2.80. The minimum Gasteiger partial charge on any atom is -0.336 e. The third-order valence-electron chi connectivity index (χ3n) is 2.15. The van der Waals surface area contributed by atoms with Gasteiger partial charge in [0.15, 0.2) is 0 Å². The second-order valence-corrected chi connectivity index (χ2v) is 3.16. The quantitative estimate of drug-likeness (QED) is 0.588. The van der Waals surface area contributed by atoms with E-state index in [9.17, 15) is 9.59 Å². The van der Waals surface area contributed by atoms with Crippen molar-refractivity contribution in [2.24, 2.45) is 5.73 Å². The first-order valence-electron chi connectivity index (χ1n) is 4.31. The van der Waals surface area contributed by atoms with Gasteiger partial charge in [0.2, 0.25) is 0 Å². The first-order chi connectivity index (χ1) is 6.56. The number of aromatic nitrogens is 2. The molecule has 6 heteroatoms. The Bertz CT molecular complexity index is 367. The van der Waals surface area contributed by atoms with E-state index in [4.69, 9.17) is 5.73 Å². The van der Waals surface area contributed by atoms with Crippen LogP contribution >= 0.6 is 0 Å². The molecule has 14 heavy (non-hydrogen) atoms. The summed E-state index contributed by atoms with van der Waals surface area (Å²) in [5, 5.41) is 0. The molecule has 1 atom stereocenters. The Morgan fingerprint density at radius 2 is 2.36 bits per heavy atom. The first-order valence-corrected chi connectivity index (χ1v) is 4.31. The molecule has 0 fully saturated rings. The molecule has 78 valence electrons. The van der Waals surface area contributed by atoms with Crippen LogP contribution in [0.3, 0.4) is 0 Å². The normalized spacial score (nSPS) is 12.5. The van der Waals surface area contributed by atoms with Gasteiger partial charge in [0.1, 0.15) is 5.69 Å². The number of carbonyl (C=O) groups is 1. The monoisotopic (exact) mass is 198 g/mol. The number of likely N-dealkylation sites (N-methyl/N-ethyl adjacent to an activating group) is 1. The Hall–Kier alpha value is -1.56. The van der Waals surface area contributed by atoms with E-state index in [0.29, 0.717) is 6.54 Å². The van der Waals surface area contributed by atoms with E-state index < -0.39 is 0 Å². The summed E-state index contributed by atoms with van der Waals surface area (Å²) < 4.78 is 0. The number of amides is 1. The van der Waals surface area contributed by atoms with E-state index in [1.165, 1.54) is 11.1 Å². The van der Waals surface area contributed by atoms with Crippen LogP contribution in [0.1, 0.15) is 17.4 Å². The molecule has 1 amide bonds. The zero-order valence-electron chi connectivity index (χ0n) is 8.20. The molecular formula is C8H14N4O2. The molecule has 0 bridgehead atoms. The van der Waals surface area contributed by atoms with Crippen molar-refractivity contribution in [2.45, 2.75) is 13.0 Å². The van der Waals surface area contributed by atoms with Crippen LogP contribution in [0.4, 0.5) is 0 Å². The fourth-order valence-electron chi connectivity index (χ4n) is 0.996. The topological polar surface area (TPSA) is 95.0 Å². The van der Waals surface area contributed by atoms with Crippen LogP contribution in [0.5, 0.6) is 0 Å². The lowest BCUT2D eigenvalue weighted by atomic mass is 10.3. The Kier molecular flexibility index (Phi) is 3.08. The maximum absolute atomic E-state index is 11.6. The fraction of sp³-hybridized carbons (Fsp3) is 0.500. The number of imidazole rings is 1. The van der Waals surface area contributed by atoms with E-state index in [1.54, 1.807) is 7.05 Å². The van der Waals surface area contributed by atoms with Gasteiger partial charge >= 0.3 is 5.69 Å². The largest absolute Gasteiger partial charge is 0.336 e. The number of H-pyrrole nitrogens is 2. The van der Waals surface area contributed by atoms with Crippen molar-refractivity contribution >= 4 is 5.91 Å². The number of carbonyl (C=O) groups excluding carboxylic acids is 1. The molecule has 0 aliphatic carbocycles. The molecule has 1 rings (SSSR count). The first kappa shape index (κ1) is 10.5. The molecule has 0 aromatic carbocycles. The van der Waals surface area contributed by atoms with Crippen molar-refractivity contribution in [3.63, 3.8) is 0 Å². The van der Waals surface area contributed by atoms with E-state index in [-0.39, 0.29) is 23.3 Å². The minimum absolute atomic E-state index is 0.0547. The van der Waals surface area contributed by atoms with E-state index in [0.717, 1.165) is 0 Å². The van der Waals surface area contributed by atoms with Gasteiger partial charge in [-0.25, -0.2) is 4.79 Å². The summed E-state index contributed by atoms with van der Waals surface area (Å²) in [6.07, 6.45) is 1.35. The molecule has 0 radical (unpaired) electrons. The number of nitrogens with zero attached hydrogens (tertiary/aromatic N) is 1. The van der Waals surface area contributed by atoms with Gasteiger partial charge in [0, 0.05) is 25.8 Å². The molecule has 0 saturated heterocycles. The zero-order chi connectivity index (χ0) is 10.7. The summed E-state index contributed by atoms with van der Waals surface area (Å²) in [7, 11) is 1.64. The highest BCUT2D eigenvalue weighted by atomic mass is 16.2. The van der Waals surface area contributed by atoms with E-state index in [2.05, 4.69) is 9.97 Å². The molecular weight excluding hydrogens is 184 g/mol. The summed E-state index contributed by atoms with van der Waals surface area (Å²) in [5.41, 5.74) is 5.28. The van der Waals surface area contributed by atoms with Crippen LogP contribution < -0.4 is 11.4 Å². The van der Waals surface area contributed by atoms with Crippen molar-refractivity contribution in [1.82, 2.24) is 14.9 Å². The highest BCUT2D eigenvalue weighted by Crippen LogP contribution is 2.00. The molecule has 1 aromatic heterocycles. The molecule has 1 unspecified atom stereocenters. The maximum atomic E-state index is 11.6. The summed E-state index contributed by atoms with van der Waals surface area (Å²) in [4.78, 5) is 28.6. The predicted molar refractivity (Wildman–Crippen MR) is 52.0 cm³/mol. The summed E-state index contributed by atoms with van der Waals surface area (Å²) >= 11 is 0. The molecule has 4 N–H and O–H groups in total. The van der Waals surface area contributed by atoms with Gasteiger partial charge in [-0.2, -0.15) is 0 Å². The molecule has 1 aromatic rings. The highest BCUT2D eigenvalue weighted by molar-refractivity contribution is 5.92. The standard InChI is InChI=1S/C8H14N4O2/c1-5(3-9)12(2)7(13)6-4-10-8(14)11-6/h4-5H,3,9H2,1-2H3,(H2,10,11,14).